The lowest BCUT2D eigenvalue weighted by Gasteiger charge is -2.18. The van der Waals surface area contributed by atoms with Gasteiger partial charge in [0, 0.05) is 0 Å². The second kappa shape index (κ2) is 9.18. The molecular formula is C19H32. The largest absolute Gasteiger partial charge is 0.0654 e. The Bertz CT molecular complexity index is 351. The predicted molar refractivity (Wildman–Crippen MR) is 86.9 cm³/mol. The van der Waals surface area contributed by atoms with E-state index in [0.717, 1.165) is 5.92 Å². The highest BCUT2D eigenvalue weighted by atomic mass is 14.2. The molecule has 0 aliphatic heterocycles. The molecule has 0 heteroatoms. The van der Waals surface area contributed by atoms with Crippen molar-refractivity contribution < 1.29 is 0 Å². The molecule has 1 aromatic carbocycles. The summed E-state index contributed by atoms with van der Waals surface area (Å²) in [7, 11) is 0. The van der Waals surface area contributed by atoms with E-state index < -0.39 is 0 Å². The molecule has 0 aliphatic carbocycles. The lowest BCUT2D eigenvalue weighted by Crippen LogP contribution is -2.00. The first-order valence-corrected chi connectivity index (χ1v) is 8.26. The zero-order chi connectivity index (χ0) is 14.1. The predicted octanol–water partition coefficient (Wildman–Crippen LogP) is 6.55. The first-order valence-electron chi connectivity index (χ1n) is 8.26. The van der Waals surface area contributed by atoms with E-state index in [9.17, 15) is 0 Å². The molecule has 0 radical (unpaired) electrons. The van der Waals surface area contributed by atoms with E-state index in [1.807, 2.05) is 0 Å². The van der Waals surface area contributed by atoms with E-state index in [4.69, 9.17) is 0 Å². The van der Waals surface area contributed by atoms with Gasteiger partial charge in [-0.25, -0.2) is 0 Å². The molecule has 0 N–H and O–H groups in total. The highest BCUT2D eigenvalue weighted by Gasteiger charge is 2.11. The van der Waals surface area contributed by atoms with Crippen molar-refractivity contribution in [1.82, 2.24) is 0 Å². The highest BCUT2D eigenvalue weighted by molar-refractivity contribution is 5.31. The fraction of sp³-hybridized carbons (Fsp3) is 0.684. The molecular weight excluding hydrogens is 228 g/mol. The van der Waals surface area contributed by atoms with Gasteiger partial charge in [-0.3, -0.25) is 0 Å². The van der Waals surface area contributed by atoms with Gasteiger partial charge in [-0.05, 0) is 49.3 Å². The normalized spacial score (nSPS) is 12.6. The van der Waals surface area contributed by atoms with Crippen LogP contribution in [0, 0.1) is 13.8 Å². The van der Waals surface area contributed by atoms with Crippen LogP contribution in [0.2, 0.25) is 0 Å². The van der Waals surface area contributed by atoms with Gasteiger partial charge < -0.3 is 0 Å². The molecule has 19 heavy (non-hydrogen) atoms. The molecule has 0 saturated heterocycles. The van der Waals surface area contributed by atoms with Gasteiger partial charge in [0.25, 0.3) is 0 Å². The first kappa shape index (κ1) is 16.3. The molecule has 0 amide bonds. The summed E-state index contributed by atoms with van der Waals surface area (Å²) in [6.45, 7) is 9.04. The fourth-order valence-corrected chi connectivity index (χ4v) is 2.84. The van der Waals surface area contributed by atoms with Gasteiger partial charge in [0.05, 0.1) is 0 Å². The Balaban J connectivity index is 2.53. The number of hydrogen-bond donors (Lipinski definition) is 0. The van der Waals surface area contributed by atoms with Crippen LogP contribution in [0.1, 0.15) is 87.8 Å². The smallest absolute Gasteiger partial charge is 0.0162 e. The average molecular weight is 260 g/mol. The Hall–Kier alpha value is -0.780. The number of rotatable bonds is 9. The van der Waals surface area contributed by atoms with Gasteiger partial charge >= 0.3 is 0 Å². The maximum absolute atomic E-state index is 2.42. The van der Waals surface area contributed by atoms with Crippen molar-refractivity contribution in [3.8, 4) is 0 Å². The Morgan fingerprint density at radius 3 is 2.16 bits per heavy atom. The molecule has 0 spiro atoms. The lowest BCUT2D eigenvalue weighted by atomic mass is 9.88. The number of hydrogen-bond acceptors (Lipinski definition) is 0. The van der Waals surface area contributed by atoms with Gasteiger partial charge in [0.1, 0.15) is 0 Å². The van der Waals surface area contributed by atoms with Crippen molar-refractivity contribution >= 4 is 0 Å². The van der Waals surface area contributed by atoms with Crippen molar-refractivity contribution in [3.05, 3.63) is 34.9 Å². The van der Waals surface area contributed by atoms with E-state index in [1.165, 1.54) is 62.5 Å². The summed E-state index contributed by atoms with van der Waals surface area (Å²) in [6.07, 6.45) is 11.0. The minimum absolute atomic E-state index is 0.783. The molecule has 1 aromatic rings. The van der Waals surface area contributed by atoms with Crippen molar-refractivity contribution in [2.45, 2.75) is 85.0 Å². The monoisotopic (exact) mass is 260 g/mol. The standard InChI is InChI=1S/C19H32/c1-5-7-8-9-10-12-18(11-6-2)19-14-13-16(3)17(4)15-19/h13-15,18H,5-12H2,1-4H3. The van der Waals surface area contributed by atoms with Gasteiger partial charge in [-0.2, -0.15) is 0 Å². The van der Waals surface area contributed by atoms with Crippen LogP contribution in [0.15, 0.2) is 18.2 Å². The van der Waals surface area contributed by atoms with Crippen molar-refractivity contribution in [1.29, 1.82) is 0 Å². The average Bonchev–Trinajstić information content (AvgIpc) is 2.40. The van der Waals surface area contributed by atoms with E-state index in [-0.39, 0.29) is 0 Å². The Labute approximate surface area is 120 Å². The third-order valence-electron chi connectivity index (χ3n) is 4.30. The first-order chi connectivity index (χ1) is 9.19. The van der Waals surface area contributed by atoms with Gasteiger partial charge in [-0.1, -0.05) is 70.6 Å². The molecule has 0 saturated carbocycles. The van der Waals surface area contributed by atoms with Crippen LogP contribution in [-0.2, 0) is 0 Å². The summed E-state index contributed by atoms with van der Waals surface area (Å²) in [6, 6.07) is 7.07. The van der Waals surface area contributed by atoms with Crippen molar-refractivity contribution in [3.63, 3.8) is 0 Å². The number of unbranched alkanes of at least 4 members (excludes halogenated alkanes) is 4. The van der Waals surface area contributed by atoms with Gasteiger partial charge in [0.2, 0.25) is 0 Å². The van der Waals surface area contributed by atoms with Crippen LogP contribution in [-0.4, -0.2) is 0 Å². The molecule has 0 fully saturated rings. The number of benzene rings is 1. The summed E-state index contributed by atoms with van der Waals surface area (Å²) in [5.74, 6) is 0.783. The summed E-state index contributed by atoms with van der Waals surface area (Å²) in [4.78, 5) is 0. The zero-order valence-electron chi connectivity index (χ0n) is 13.5. The number of aryl methyl sites for hydroxylation is 2. The summed E-state index contributed by atoms with van der Waals surface area (Å²) in [5, 5.41) is 0. The Morgan fingerprint density at radius 2 is 1.53 bits per heavy atom. The van der Waals surface area contributed by atoms with E-state index in [0.29, 0.717) is 0 Å². The van der Waals surface area contributed by atoms with E-state index in [1.54, 1.807) is 5.56 Å². The molecule has 108 valence electrons. The summed E-state index contributed by atoms with van der Waals surface area (Å²) >= 11 is 0. The molecule has 0 bridgehead atoms. The highest BCUT2D eigenvalue weighted by Crippen LogP contribution is 2.28. The maximum Gasteiger partial charge on any atom is -0.0162 e. The Morgan fingerprint density at radius 1 is 0.789 bits per heavy atom. The lowest BCUT2D eigenvalue weighted by molar-refractivity contribution is 0.516. The third kappa shape index (κ3) is 5.80. The molecule has 0 aromatic heterocycles. The fourth-order valence-electron chi connectivity index (χ4n) is 2.84. The SMILES string of the molecule is CCCCCCCC(CCC)c1ccc(C)c(C)c1. The van der Waals surface area contributed by atoms with Crippen LogP contribution in [0.3, 0.4) is 0 Å². The molecule has 0 aliphatic rings. The van der Waals surface area contributed by atoms with Crippen LogP contribution < -0.4 is 0 Å². The van der Waals surface area contributed by atoms with Crippen molar-refractivity contribution in [2.24, 2.45) is 0 Å². The second-order valence-corrected chi connectivity index (χ2v) is 6.03. The third-order valence-corrected chi connectivity index (χ3v) is 4.30. The van der Waals surface area contributed by atoms with E-state index >= 15 is 0 Å². The quantitative estimate of drug-likeness (QED) is 0.442. The minimum Gasteiger partial charge on any atom is -0.0654 e. The zero-order valence-corrected chi connectivity index (χ0v) is 13.5. The second-order valence-electron chi connectivity index (χ2n) is 6.03. The minimum atomic E-state index is 0.783. The van der Waals surface area contributed by atoms with Crippen LogP contribution in [0.5, 0.6) is 0 Å². The molecule has 1 rings (SSSR count). The van der Waals surface area contributed by atoms with Crippen LogP contribution in [0.25, 0.3) is 0 Å². The summed E-state index contributed by atoms with van der Waals surface area (Å²) < 4.78 is 0. The maximum atomic E-state index is 2.42. The molecule has 0 nitrogen and oxygen atoms in total. The molecule has 0 heterocycles. The summed E-state index contributed by atoms with van der Waals surface area (Å²) in [5.41, 5.74) is 4.44. The molecule has 1 atom stereocenters. The van der Waals surface area contributed by atoms with Crippen molar-refractivity contribution in [2.75, 3.05) is 0 Å². The Kier molecular flexibility index (Phi) is 7.86. The van der Waals surface area contributed by atoms with E-state index in [2.05, 4.69) is 45.9 Å². The van der Waals surface area contributed by atoms with Gasteiger partial charge in [0.15, 0.2) is 0 Å². The van der Waals surface area contributed by atoms with Crippen LogP contribution in [0.4, 0.5) is 0 Å². The van der Waals surface area contributed by atoms with Crippen LogP contribution >= 0.6 is 0 Å². The topological polar surface area (TPSA) is 0 Å². The molecule has 1 unspecified atom stereocenters. The van der Waals surface area contributed by atoms with Gasteiger partial charge in [-0.15, -0.1) is 0 Å².